The molecule has 10 bridgehead atoms. The van der Waals surface area contributed by atoms with E-state index in [1.807, 2.05) is 36.4 Å². The second-order valence-corrected chi connectivity index (χ2v) is 14.3. The molecule has 0 unspecified atom stereocenters. The van der Waals surface area contributed by atoms with Gasteiger partial charge in [-0.2, -0.15) is 0 Å². The first-order valence-corrected chi connectivity index (χ1v) is 18.5. The molecule has 4 heterocycles. The van der Waals surface area contributed by atoms with Crippen LogP contribution in [0.1, 0.15) is 20.7 Å². The third-order valence-corrected chi connectivity index (χ3v) is 10.4. The topological polar surface area (TPSA) is 204 Å². The minimum Gasteiger partial charge on any atom is -0.484 e. The van der Waals surface area contributed by atoms with Crippen LogP contribution in [-0.2, 0) is 9.59 Å². The van der Waals surface area contributed by atoms with Crippen molar-refractivity contribution in [3.8, 4) is 11.5 Å². The Kier molecular flexibility index (Phi) is 8.98. The van der Waals surface area contributed by atoms with E-state index in [-0.39, 0.29) is 47.6 Å². The molecule has 0 radical (unpaired) electrons. The zero-order chi connectivity index (χ0) is 39.9. The first-order valence-electron chi connectivity index (χ1n) is 17.7. The lowest BCUT2D eigenvalue weighted by molar-refractivity contribution is -0.384. The normalized spacial score (nSPS) is 13.8. The maximum absolute atomic E-state index is 13.3. The lowest BCUT2D eigenvalue weighted by Crippen LogP contribution is -2.21. The monoisotopic (exact) mass is 789 g/mol. The Bertz CT molecular complexity index is 2870. The van der Waals surface area contributed by atoms with Crippen LogP contribution < -0.4 is 30.7 Å². The summed E-state index contributed by atoms with van der Waals surface area (Å²) in [4.78, 5) is 72.4. The third kappa shape index (κ3) is 7.13. The molecule has 284 valence electrons. The van der Waals surface area contributed by atoms with E-state index in [1.54, 1.807) is 35.6 Å². The average molecular weight is 790 g/mol. The minimum absolute atomic E-state index is 0.0276. The maximum atomic E-state index is 13.3. The standard InChI is InChI=1S/C42H27N7O8S/c50-37-20-56-27-11-7-22-9-13-31-39(29(22)18-27)40-30-19-28(12-8-23(30)10-14-32(40)58-31)57-21-38(51)46-34-4-2-6-36(44-34)48-42(53)25-15-24(16-26(17-25)49(54)55)41(52)47-35-5-1-3-33(43-35)45-37/h1-19H,20-21H2,(H2,43,45,47,50,52)(H2,44,46,48,51,53). The Hall–Kier alpha value is -7.98. The zero-order valence-corrected chi connectivity index (χ0v) is 30.7. The van der Waals surface area contributed by atoms with Crippen molar-refractivity contribution >= 4 is 106 Å². The highest BCUT2D eigenvalue weighted by atomic mass is 32.1. The summed E-state index contributed by atoms with van der Waals surface area (Å²) >= 11 is 1.65. The number of nitro benzene ring substituents is 1. The molecule has 0 atom stereocenters. The van der Waals surface area contributed by atoms with E-state index in [0.717, 1.165) is 53.8 Å². The van der Waals surface area contributed by atoms with Crippen LogP contribution in [0.3, 0.4) is 0 Å². The van der Waals surface area contributed by atoms with Gasteiger partial charge in [-0.15, -0.1) is 11.3 Å². The van der Waals surface area contributed by atoms with Crippen molar-refractivity contribution in [3.63, 3.8) is 0 Å². The van der Waals surface area contributed by atoms with Crippen molar-refractivity contribution in [2.24, 2.45) is 0 Å². The molecule has 16 heteroatoms. The first-order chi connectivity index (χ1) is 28.1. The molecule has 15 nitrogen and oxygen atoms in total. The summed E-state index contributed by atoms with van der Waals surface area (Å²) in [5.41, 5.74) is -0.932. The zero-order valence-electron chi connectivity index (χ0n) is 29.9. The number of anilines is 4. The summed E-state index contributed by atoms with van der Waals surface area (Å²) < 4.78 is 14.0. The number of rotatable bonds is 1. The van der Waals surface area contributed by atoms with E-state index in [0.29, 0.717) is 11.5 Å². The van der Waals surface area contributed by atoms with Crippen LogP contribution in [0.2, 0.25) is 0 Å². The number of fused-ring (bicyclic) bond motifs is 8. The molecule has 0 saturated carbocycles. The number of nitrogens with one attached hydrogen (secondary N) is 4. The number of carbonyl (C=O) groups excluding carboxylic acids is 4. The molecule has 4 amide bonds. The number of pyridine rings is 2. The summed E-state index contributed by atoms with van der Waals surface area (Å²) in [5.74, 6) is -1.42. The first kappa shape index (κ1) is 35.7. The molecule has 0 aliphatic carbocycles. The van der Waals surface area contributed by atoms with Gasteiger partial charge in [-0.05, 0) is 88.3 Å². The van der Waals surface area contributed by atoms with Crippen LogP contribution in [0, 0.1) is 10.1 Å². The van der Waals surface area contributed by atoms with Gasteiger partial charge in [0, 0.05) is 43.4 Å². The number of nitro groups is 1. The summed E-state index contributed by atoms with van der Waals surface area (Å²) in [5, 5.41) is 28.0. The van der Waals surface area contributed by atoms with Crippen molar-refractivity contribution in [3.05, 3.63) is 137 Å². The molecule has 3 aromatic heterocycles. The Morgan fingerprint density at radius 2 is 0.983 bits per heavy atom. The molecular formula is C42H27N7O8S. The predicted molar refractivity (Wildman–Crippen MR) is 220 cm³/mol. The quantitative estimate of drug-likeness (QED) is 0.0934. The van der Waals surface area contributed by atoms with Crippen molar-refractivity contribution < 1.29 is 33.6 Å². The number of hydrogen-bond acceptors (Lipinski definition) is 11. The lowest BCUT2D eigenvalue weighted by Gasteiger charge is -2.11. The molecule has 4 N–H and O–H groups in total. The van der Waals surface area contributed by atoms with Crippen molar-refractivity contribution in [1.29, 1.82) is 0 Å². The van der Waals surface area contributed by atoms with Gasteiger partial charge in [-0.1, -0.05) is 36.4 Å². The number of carbonyl (C=O) groups is 4. The van der Waals surface area contributed by atoms with Gasteiger partial charge in [-0.3, -0.25) is 29.3 Å². The second-order valence-electron chi connectivity index (χ2n) is 13.2. The van der Waals surface area contributed by atoms with Gasteiger partial charge in [0.1, 0.15) is 34.8 Å². The number of nitrogens with zero attached hydrogens (tertiary/aromatic N) is 3. The molecule has 5 aromatic carbocycles. The smallest absolute Gasteiger partial charge is 0.271 e. The van der Waals surface area contributed by atoms with Gasteiger partial charge in [-0.25, -0.2) is 9.97 Å². The van der Waals surface area contributed by atoms with Crippen LogP contribution >= 0.6 is 11.3 Å². The molecule has 9 rings (SSSR count). The number of thiophene rings is 1. The fraction of sp³-hybridized carbons (Fsp3) is 0.0476. The van der Waals surface area contributed by atoms with Gasteiger partial charge in [0.05, 0.1) is 4.92 Å². The Morgan fingerprint density at radius 1 is 0.552 bits per heavy atom. The van der Waals surface area contributed by atoms with Crippen LogP contribution in [0.25, 0.3) is 41.7 Å². The number of aromatic nitrogens is 2. The van der Waals surface area contributed by atoms with Crippen LogP contribution in [0.5, 0.6) is 11.5 Å². The Morgan fingerprint density at radius 3 is 1.43 bits per heavy atom. The van der Waals surface area contributed by atoms with Crippen LogP contribution in [0.15, 0.2) is 115 Å². The fourth-order valence-electron chi connectivity index (χ4n) is 6.70. The summed E-state index contributed by atoms with van der Waals surface area (Å²) in [6.45, 7) is -0.696. The minimum atomic E-state index is -0.804. The molecular weight excluding hydrogens is 763 g/mol. The summed E-state index contributed by atoms with van der Waals surface area (Å²) in [7, 11) is 0. The van der Waals surface area contributed by atoms with Crippen LogP contribution in [0.4, 0.5) is 29.0 Å². The van der Waals surface area contributed by atoms with Gasteiger partial charge in [0.15, 0.2) is 13.2 Å². The molecule has 58 heavy (non-hydrogen) atoms. The van der Waals surface area contributed by atoms with Gasteiger partial charge >= 0.3 is 0 Å². The molecule has 0 fully saturated rings. The van der Waals surface area contributed by atoms with Crippen molar-refractivity contribution in [2.45, 2.75) is 0 Å². The Balaban J connectivity index is 1.09. The number of amides is 4. The highest BCUT2D eigenvalue weighted by molar-refractivity contribution is 7.26. The van der Waals surface area contributed by atoms with Gasteiger partial charge in [0.2, 0.25) is 0 Å². The van der Waals surface area contributed by atoms with Gasteiger partial charge < -0.3 is 30.7 Å². The molecule has 1 aliphatic heterocycles. The molecule has 8 aromatic rings. The van der Waals surface area contributed by atoms with Crippen molar-refractivity contribution in [1.82, 2.24) is 9.97 Å². The number of hydrogen-bond donors (Lipinski definition) is 4. The number of benzene rings is 5. The highest BCUT2D eigenvalue weighted by Crippen LogP contribution is 2.43. The largest absolute Gasteiger partial charge is 0.484 e. The summed E-state index contributed by atoms with van der Waals surface area (Å²) in [6.07, 6.45) is 0. The third-order valence-electron chi connectivity index (χ3n) is 9.29. The summed E-state index contributed by atoms with van der Waals surface area (Å²) in [6, 6.07) is 31.8. The fourth-order valence-corrected chi connectivity index (χ4v) is 7.84. The average Bonchev–Trinajstić information content (AvgIpc) is 3.62. The van der Waals surface area contributed by atoms with Gasteiger partial charge in [0.25, 0.3) is 29.3 Å². The maximum Gasteiger partial charge on any atom is 0.271 e. The molecule has 1 aliphatic rings. The van der Waals surface area contributed by atoms with E-state index in [2.05, 4.69) is 43.4 Å². The number of ether oxygens (including phenoxy) is 2. The lowest BCUT2D eigenvalue weighted by atomic mass is 9.99. The van der Waals surface area contributed by atoms with E-state index in [9.17, 15) is 29.3 Å². The number of non-ortho nitro benzene ring substituents is 1. The molecule has 0 spiro atoms. The molecule has 0 saturated heterocycles. The second kappa shape index (κ2) is 14.6. The van der Waals surface area contributed by atoms with E-state index < -0.39 is 34.2 Å². The predicted octanol–water partition coefficient (Wildman–Crippen LogP) is 7.91. The highest BCUT2D eigenvalue weighted by Gasteiger charge is 2.20. The van der Waals surface area contributed by atoms with E-state index in [1.165, 1.54) is 30.3 Å². The van der Waals surface area contributed by atoms with Crippen LogP contribution in [-0.4, -0.2) is 51.7 Å². The SMILES string of the molecule is O=C1COc2ccc3ccc4sc5ccc6ccc(cc6c5c4c3c2)OCC(=O)Nc2cccc(n2)NC(=O)c2cc(cc([N+](=O)[O-])c2)C(=O)Nc2cccc(n2)N1. The van der Waals surface area contributed by atoms with E-state index in [4.69, 9.17) is 9.47 Å². The van der Waals surface area contributed by atoms with Crippen molar-refractivity contribution in [2.75, 3.05) is 34.5 Å². The Labute approximate surface area is 330 Å². The van der Waals surface area contributed by atoms with E-state index >= 15 is 0 Å².